The Morgan fingerprint density at radius 1 is 0.564 bits per heavy atom. The van der Waals surface area contributed by atoms with E-state index in [1.54, 1.807) is 0 Å². The molecule has 3 rings (SSSR count). The molecule has 0 bridgehead atoms. The lowest BCUT2D eigenvalue weighted by atomic mass is 10.1. The molecule has 0 saturated carbocycles. The molecule has 0 fully saturated rings. The van der Waals surface area contributed by atoms with Crippen molar-refractivity contribution >= 4 is 39.8 Å². The van der Waals surface area contributed by atoms with Crippen molar-refractivity contribution in [1.82, 2.24) is 10.2 Å². The van der Waals surface area contributed by atoms with Crippen molar-refractivity contribution in [1.29, 1.82) is 0 Å². The van der Waals surface area contributed by atoms with E-state index >= 15 is 0 Å². The molecular formula is C14H4N10O15. The number of anilines is 1. The summed E-state index contributed by atoms with van der Waals surface area (Å²) in [5.41, 5.74) is -11.2. The van der Waals surface area contributed by atoms with Crippen LogP contribution in [-0.2, 0) is 0 Å². The second-order valence-electron chi connectivity index (χ2n) is 6.70. The first-order valence-corrected chi connectivity index (χ1v) is 9.16. The third-order valence-electron chi connectivity index (χ3n) is 4.58. The van der Waals surface area contributed by atoms with Gasteiger partial charge in [-0.25, -0.2) is 10.1 Å². The van der Waals surface area contributed by atoms with Crippen LogP contribution in [0.1, 0.15) is 0 Å². The molecule has 0 radical (unpaired) electrons. The Kier molecular flexibility index (Phi) is 6.64. The van der Waals surface area contributed by atoms with Crippen LogP contribution in [0.15, 0.2) is 22.6 Å². The molecule has 1 aromatic heterocycles. The summed E-state index contributed by atoms with van der Waals surface area (Å²) in [5, 5.41) is 84.8. The van der Waals surface area contributed by atoms with E-state index in [1.165, 1.54) is 5.43 Å². The van der Waals surface area contributed by atoms with Crippen LogP contribution in [-0.4, -0.2) is 44.8 Å². The number of nitro groups is 7. The van der Waals surface area contributed by atoms with E-state index in [1.807, 2.05) is 0 Å². The Labute approximate surface area is 207 Å². The number of nitrogens with one attached hydrogen (secondary N) is 1. The molecular weight excluding hydrogens is 548 g/mol. The van der Waals surface area contributed by atoms with Crippen LogP contribution in [0.2, 0.25) is 0 Å². The topological polar surface area (TPSA) is 353 Å². The van der Waals surface area contributed by atoms with Gasteiger partial charge in [-0.15, -0.1) is 10.2 Å². The van der Waals surface area contributed by atoms with Crippen molar-refractivity contribution in [2.45, 2.75) is 0 Å². The van der Waals surface area contributed by atoms with Crippen LogP contribution in [0.25, 0.3) is 22.9 Å². The zero-order valence-corrected chi connectivity index (χ0v) is 17.9. The van der Waals surface area contributed by atoms with Gasteiger partial charge in [0.15, 0.2) is 16.2 Å². The maximum absolute atomic E-state index is 11.8. The Morgan fingerprint density at radius 3 is 1.38 bits per heavy atom. The van der Waals surface area contributed by atoms with Gasteiger partial charge in [-0.05, 0) is 0 Å². The molecule has 1 N–H and O–H groups in total. The average Bonchev–Trinajstić information content (AvgIpc) is 3.31. The van der Waals surface area contributed by atoms with E-state index in [9.17, 15) is 70.8 Å². The number of nitrogens with zero attached hydrogens (tertiary/aromatic N) is 9. The second-order valence-corrected chi connectivity index (χ2v) is 6.70. The lowest BCUT2D eigenvalue weighted by molar-refractivity contribution is -0.449. The molecule has 0 atom stereocenters. The third kappa shape index (κ3) is 4.82. The van der Waals surface area contributed by atoms with E-state index in [-0.39, 0.29) is 18.2 Å². The lowest BCUT2D eigenvalue weighted by Gasteiger charge is -2.05. The summed E-state index contributed by atoms with van der Waals surface area (Å²) in [7, 11) is 0. The van der Waals surface area contributed by atoms with Gasteiger partial charge < -0.3 is 4.42 Å². The van der Waals surface area contributed by atoms with E-state index < -0.39 is 97.3 Å². The minimum absolute atomic E-state index is 0.0782. The van der Waals surface area contributed by atoms with Crippen LogP contribution in [0, 0.1) is 70.8 Å². The maximum Gasteiger partial charge on any atom is 0.325 e. The minimum atomic E-state index is -1.68. The van der Waals surface area contributed by atoms with Crippen LogP contribution >= 0.6 is 0 Å². The average molecular weight is 552 g/mol. The van der Waals surface area contributed by atoms with Gasteiger partial charge in [0, 0.05) is 0 Å². The van der Waals surface area contributed by atoms with Gasteiger partial charge in [0.25, 0.3) is 40.2 Å². The molecule has 200 valence electrons. The maximum atomic E-state index is 11.8. The summed E-state index contributed by atoms with van der Waals surface area (Å²) < 4.78 is 5.00. The van der Waals surface area contributed by atoms with Gasteiger partial charge in [0.05, 0.1) is 47.7 Å². The highest BCUT2D eigenvalue weighted by Crippen LogP contribution is 2.49. The van der Waals surface area contributed by atoms with Crippen molar-refractivity contribution in [2.24, 2.45) is 0 Å². The van der Waals surface area contributed by atoms with Crippen molar-refractivity contribution < 1.29 is 39.0 Å². The number of hydrogen-bond acceptors (Lipinski definition) is 17. The summed E-state index contributed by atoms with van der Waals surface area (Å²) in [6.45, 7) is 0. The number of hydrazine groups is 1. The summed E-state index contributed by atoms with van der Waals surface area (Å²) in [4.78, 5) is 71.6. The van der Waals surface area contributed by atoms with Crippen molar-refractivity contribution in [3.05, 3.63) is 89.0 Å². The molecule has 2 aromatic carbocycles. The van der Waals surface area contributed by atoms with Crippen molar-refractivity contribution in [3.8, 4) is 22.9 Å². The number of non-ortho nitro benzene ring substituents is 1. The second kappa shape index (κ2) is 9.67. The fourth-order valence-corrected chi connectivity index (χ4v) is 3.16. The fraction of sp³-hybridized carbons (Fsp3) is 0. The molecule has 0 unspecified atom stereocenters. The highest BCUT2D eigenvalue weighted by atomic mass is 16.7. The summed E-state index contributed by atoms with van der Waals surface area (Å²) in [6, 6.07) is 0.638. The molecule has 3 aromatic rings. The Balaban J connectivity index is 2.46. The smallest absolute Gasteiger partial charge is 0.325 e. The molecule has 0 aliphatic rings. The monoisotopic (exact) mass is 552 g/mol. The van der Waals surface area contributed by atoms with Crippen molar-refractivity contribution in [3.63, 3.8) is 0 Å². The zero-order valence-electron chi connectivity index (χ0n) is 17.9. The largest absolute Gasteiger partial charge is 0.415 e. The van der Waals surface area contributed by atoms with Gasteiger partial charge in [-0.2, -0.15) is 0 Å². The Bertz CT molecular complexity index is 1610. The summed E-state index contributed by atoms with van der Waals surface area (Å²) in [5.74, 6) is -2.48. The quantitative estimate of drug-likeness (QED) is 0.278. The van der Waals surface area contributed by atoms with E-state index in [0.717, 1.165) is 0 Å². The lowest BCUT2D eigenvalue weighted by Crippen LogP contribution is -2.13. The first-order chi connectivity index (χ1) is 18.1. The molecule has 0 aliphatic heterocycles. The highest BCUT2D eigenvalue weighted by molar-refractivity contribution is 5.91. The SMILES string of the molecule is O=[N+]([O-])Nc1c([N+](=O)[O-])cc([N+](=O)[O-])c(-c2nnc(-c3c([N+](=O)[O-])cc([N+](=O)[O-])cc3[N+](=O)[O-])o2)c1[N+](=O)[O-]. The summed E-state index contributed by atoms with van der Waals surface area (Å²) >= 11 is 0. The minimum Gasteiger partial charge on any atom is -0.415 e. The molecule has 0 saturated heterocycles. The number of nitro benzene ring substituents is 6. The number of benzene rings is 2. The first kappa shape index (κ1) is 26.8. The van der Waals surface area contributed by atoms with Crippen LogP contribution < -0.4 is 5.43 Å². The van der Waals surface area contributed by atoms with Gasteiger partial charge >= 0.3 is 11.4 Å². The third-order valence-corrected chi connectivity index (χ3v) is 4.58. The van der Waals surface area contributed by atoms with Crippen LogP contribution in [0.5, 0.6) is 0 Å². The Hall–Kier alpha value is -6.82. The molecule has 39 heavy (non-hydrogen) atoms. The van der Waals surface area contributed by atoms with Gasteiger partial charge in [0.1, 0.15) is 0 Å². The zero-order chi connectivity index (χ0) is 29.3. The molecule has 25 heteroatoms. The normalized spacial score (nSPS) is 10.5. The van der Waals surface area contributed by atoms with Crippen molar-refractivity contribution in [2.75, 3.05) is 5.43 Å². The molecule has 0 aliphatic carbocycles. The van der Waals surface area contributed by atoms with E-state index in [4.69, 9.17) is 4.42 Å². The van der Waals surface area contributed by atoms with E-state index in [2.05, 4.69) is 10.2 Å². The molecule has 0 spiro atoms. The van der Waals surface area contributed by atoms with Gasteiger partial charge in [0.2, 0.25) is 0 Å². The predicted octanol–water partition coefficient (Wildman–Crippen LogP) is 2.46. The standard InChI is InChI=1S/C14H4N10O15/c25-18(26)4-1-5(19(27)28)9(6(2-4)20(29)30)13-15-16-14(39-13)10-7(21(31)32)3-8(22(33)34)11(17-24(37)38)12(10)23(35)36/h1-3,17H. The number of rotatable bonds is 10. The fourth-order valence-electron chi connectivity index (χ4n) is 3.16. The summed E-state index contributed by atoms with van der Waals surface area (Å²) in [6.07, 6.45) is 0. The highest BCUT2D eigenvalue weighted by Gasteiger charge is 2.43. The molecule has 25 nitrogen and oxygen atoms in total. The van der Waals surface area contributed by atoms with E-state index in [0.29, 0.717) is 0 Å². The number of hydrogen-bond donors (Lipinski definition) is 1. The Morgan fingerprint density at radius 2 is 1.00 bits per heavy atom. The molecule has 0 amide bonds. The molecule has 1 heterocycles. The van der Waals surface area contributed by atoms with Crippen LogP contribution in [0.4, 0.5) is 39.8 Å². The van der Waals surface area contributed by atoms with Gasteiger partial charge in [-0.3, -0.25) is 60.7 Å². The predicted molar refractivity (Wildman–Crippen MR) is 116 cm³/mol. The van der Waals surface area contributed by atoms with Crippen LogP contribution in [0.3, 0.4) is 0 Å². The first-order valence-electron chi connectivity index (χ1n) is 9.16. The van der Waals surface area contributed by atoms with Gasteiger partial charge in [-0.1, -0.05) is 5.43 Å². The number of aromatic nitrogens is 2.